The molecular weight excluding hydrogens is 248 g/mol. The number of carboxylic acids is 1. The fourth-order valence-electron chi connectivity index (χ4n) is 1.77. The number of carbonyl (C=O) groups excluding carboxylic acids is 1. The normalized spacial score (nSPS) is 12.4. The number of amides is 1. The highest BCUT2D eigenvalue weighted by Gasteiger charge is 2.25. The molecule has 0 fully saturated rings. The van der Waals surface area contributed by atoms with Crippen LogP contribution in [0, 0.1) is 0 Å². The molecule has 7 nitrogen and oxygen atoms in total. The van der Waals surface area contributed by atoms with Gasteiger partial charge >= 0.3 is 5.97 Å². The van der Waals surface area contributed by atoms with E-state index in [4.69, 9.17) is 10.8 Å². The lowest BCUT2D eigenvalue weighted by molar-refractivity contribution is -0.142. The highest BCUT2D eigenvalue weighted by Crippen LogP contribution is 2.20. The maximum Gasteiger partial charge on any atom is 0.330 e. The van der Waals surface area contributed by atoms with E-state index in [1.807, 2.05) is 17.7 Å². The van der Waals surface area contributed by atoms with Crippen molar-refractivity contribution in [2.24, 2.45) is 12.8 Å². The molecule has 0 saturated heterocycles. The third-order valence-corrected chi connectivity index (χ3v) is 2.96. The molecule has 19 heavy (non-hydrogen) atoms. The van der Waals surface area contributed by atoms with Crippen LogP contribution in [0.25, 0.3) is 11.0 Å². The van der Waals surface area contributed by atoms with Gasteiger partial charge in [0.05, 0.1) is 17.4 Å². The van der Waals surface area contributed by atoms with E-state index in [-0.39, 0.29) is 0 Å². The summed E-state index contributed by atoms with van der Waals surface area (Å²) in [6, 6.07) is 3.68. The van der Waals surface area contributed by atoms with Gasteiger partial charge in [-0.05, 0) is 18.2 Å². The lowest BCUT2D eigenvalue weighted by Crippen LogP contribution is -2.46. The van der Waals surface area contributed by atoms with Gasteiger partial charge in [0.1, 0.15) is 0 Å². The summed E-state index contributed by atoms with van der Waals surface area (Å²) >= 11 is 0. The molecule has 2 rings (SSSR count). The first-order valence-electron chi connectivity index (χ1n) is 5.59. The molecule has 1 aromatic heterocycles. The Bertz CT molecular complexity index is 649. The van der Waals surface area contributed by atoms with Gasteiger partial charge < -0.3 is 20.3 Å². The molecular formula is C12H14N4O3. The second-order valence-corrected chi connectivity index (χ2v) is 4.24. The van der Waals surface area contributed by atoms with Crippen LogP contribution in [0.2, 0.25) is 0 Å². The molecule has 2 aromatic rings. The van der Waals surface area contributed by atoms with Crippen LogP contribution in [0.3, 0.4) is 0 Å². The molecule has 0 aliphatic carbocycles. The Labute approximate surface area is 109 Å². The van der Waals surface area contributed by atoms with Gasteiger partial charge in [-0.15, -0.1) is 0 Å². The van der Waals surface area contributed by atoms with Crippen molar-refractivity contribution in [2.45, 2.75) is 6.04 Å². The van der Waals surface area contributed by atoms with Gasteiger partial charge in [0, 0.05) is 19.8 Å². The number of aromatic nitrogens is 2. The number of fused-ring (bicyclic) bond motifs is 1. The van der Waals surface area contributed by atoms with Crippen molar-refractivity contribution in [2.75, 3.05) is 11.9 Å². The second kappa shape index (κ2) is 4.69. The van der Waals surface area contributed by atoms with Crippen molar-refractivity contribution in [3.63, 3.8) is 0 Å². The summed E-state index contributed by atoms with van der Waals surface area (Å²) in [6.07, 6.45) is 1.67. The molecule has 0 aliphatic heterocycles. The minimum absolute atomic E-state index is 0.549. The predicted molar refractivity (Wildman–Crippen MR) is 69.7 cm³/mol. The Balaban J connectivity index is 2.33. The predicted octanol–water partition coefficient (Wildman–Crippen LogP) is -0.0520. The number of carbonyl (C=O) groups is 2. The molecule has 0 bridgehead atoms. The van der Waals surface area contributed by atoms with E-state index in [2.05, 4.69) is 4.98 Å². The maximum absolute atomic E-state index is 11.8. The summed E-state index contributed by atoms with van der Waals surface area (Å²) in [6.45, 7) is 0. The number of benzene rings is 1. The topological polar surface area (TPSA) is 101 Å². The minimum atomic E-state index is -1.57. The van der Waals surface area contributed by atoms with Gasteiger partial charge in [-0.2, -0.15) is 0 Å². The average Bonchev–Trinajstić information content (AvgIpc) is 2.77. The fourth-order valence-corrected chi connectivity index (χ4v) is 1.77. The highest BCUT2D eigenvalue weighted by molar-refractivity contribution is 6.09. The Morgan fingerprint density at radius 3 is 2.79 bits per heavy atom. The van der Waals surface area contributed by atoms with Crippen LogP contribution in [0.1, 0.15) is 0 Å². The van der Waals surface area contributed by atoms with E-state index in [1.165, 1.54) is 11.9 Å². The SMILES string of the molecule is CN(C(=O)C(N)C(=O)O)c1ccc2c(c1)ncn2C. The lowest BCUT2D eigenvalue weighted by atomic mass is 10.2. The first kappa shape index (κ1) is 13.0. The van der Waals surface area contributed by atoms with Crippen LogP contribution in [-0.2, 0) is 16.6 Å². The first-order chi connectivity index (χ1) is 8.91. The number of aryl methyl sites for hydroxylation is 1. The molecule has 7 heteroatoms. The van der Waals surface area contributed by atoms with Gasteiger partial charge in [-0.1, -0.05) is 0 Å². The minimum Gasteiger partial charge on any atom is -0.480 e. The number of nitrogens with two attached hydrogens (primary N) is 1. The molecule has 0 aliphatic rings. The fraction of sp³-hybridized carbons (Fsp3) is 0.250. The third-order valence-electron chi connectivity index (χ3n) is 2.96. The summed E-state index contributed by atoms with van der Waals surface area (Å²) < 4.78 is 1.85. The van der Waals surface area contributed by atoms with E-state index in [0.29, 0.717) is 5.69 Å². The summed E-state index contributed by atoms with van der Waals surface area (Å²) in [5, 5.41) is 8.74. The van der Waals surface area contributed by atoms with Gasteiger partial charge in [0.2, 0.25) is 0 Å². The van der Waals surface area contributed by atoms with Crippen molar-refractivity contribution in [3.05, 3.63) is 24.5 Å². The number of likely N-dealkylation sites (N-methyl/N-ethyl adjacent to an activating group) is 1. The first-order valence-corrected chi connectivity index (χ1v) is 5.59. The third kappa shape index (κ3) is 2.27. The number of imidazole rings is 1. The Morgan fingerprint density at radius 1 is 1.47 bits per heavy atom. The molecule has 3 N–H and O–H groups in total. The van der Waals surface area contributed by atoms with E-state index in [1.54, 1.807) is 18.5 Å². The molecule has 100 valence electrons. The average molecular weight is 262 g/mol. The number of hydrogen-bond donors (Lipinski definition) is 2. The van der Waals surface area contributed by atoms with E-state index in [9.17, 15) is 9.59 Å². The van der Waals surface area contributed by atoms with Crippen molar-refractivity contribution >= 4 is 28.6 Å². The number of aliphatic carboxylic acids is 1. The molecule has 1 atom stereocenters. The van der Waals surface area contributed by atoms with Crippen LogP contribution < -0.4 is 10.6 Å². The van der Waals surface area contributed by atoms with Gasteiger partial charge in [0.15, 0.2) is 6.04 Å². The van der Waals surface area contributed by atoms with E-state index in [0.717, 1.165) is 11.0 Å². The van der Waals surface area contributed by atoms with Crippen molar-refractivity contribution in [1.82, 2.24) is 9.55 Å². The molecule has 1 aromatic carbocycles. The molecule has 1 unspecified atom stereocenters. The van der Waals surface area contributed by atoms with Gasteiger partial charge in [-0.25, -0.2) is 9.78 Å². The Morgan fingerprint density at radius 2 is 2.16 bits per heavy atom. The van der Waals surface area contributed by atoms with Crippen LogP contribution in [-0.4, -0.2) is 39.6 Å². The van der Waals surface area contributed by atoms with Crippen LogP contribution in [0.5, 0.6) is 0 Å². The van der Waals surface area contributed by atoms with Crippen molar-refractivity contribution in [1.29, 1.82) is 0 Å². The monoisotopic (exact) mass is 262 g/mol. The standard InChI is InChI=1S/C12H14N4O3/c1-15-6-14-8-5-7(3-4-9(8)15)16(2)11(17)10(13)12(18)19/h3-6,10H,13H2,1-2H3,(H,18,19). The van der Waals surface area contributed by atoms with Gasteiger partial charge in [-0.3, -0.25) is 4.79 Å². The van der Waals surface area contributed by atoms with Gasteiger partial charge in [0.25, 0.3) is 5.91 Å². The van der Waals surface area contributed by atoms with Crippen LogP contribution >= 0.6 is 0 Å². The smallest absolute Gasteiger partial charge is 0.330 e. The number of nitrogens with zero attached hydrogens (tertiary/aromatic N) is 3. The van der Waals surface area contributed by atoms with Crippen LogP contribution in [0.4, 0.5) is 5.69 Å². The summed E-state index contributed by atoms with van der Waals surface area (Å²) in [5.41, 5.74) is 7.50. The lowest BCUT2D eigenvalue weighted by Gasteiger charge is -2.19. The van der Waals surface area contributed by atoms with Crippen molar-refractivity contribution in [3.8, 4) is 0 Å². The number of hydrogen-bond acceptors (Lipinski definition) is 4. The molecule has 0 radical (unpaired) electrons. The summed E-state index contributed by atoms with van der Waals surface area (Å²) in [5.74, 6) is -2.03. The molecule has 0 saturated carbocycles. The zero-order valence-electron chi connectivity index (χ0n) is 10.6. The van der Waals surface area contributed by atoms with E-state index >= 15 is 0 Å². The van der Waals surface area contributed by atoms with E-state index < -0.39 is 17.9 Å². The maximum atomic E-state index is 11.8. The van der Waals surface area contributed by atoms with Crippen LogP contribution in [0.15, 0.2) is 24.5 Å². The number of carboxylic acid groups (broad SMARTS) is 1. The summed E-state index contributed by atoms with van der Waals surface area (Å²) in [4.78, 5) is 27.9. The zero-order chi connectivity index (χ0) is 14.2. The largest absolute Gasteiger partial charge is 0.480 e. The quantitative estimate of drug-likeness (QED) is 0.755. The zero-order valence-corrected chi connectivity index (χ0v) is 10.6. The molecule has 1 amide bonds. The molecule has 1 heterocycles. The Kier molecular flexibility index (Phi) is 3.22. The highest BCUT2D eigenvalue weighted by atomic mass is 16.4. The second-order valence-electron chi connectivity index (χ2n) is 4.24. The summed E-state index contributed by atoms with van der Waals surface area (Å²) in [7, 11) is 3.35. The number of rotatable bonds is 3. The van der Waals surface area contributed by atoms with Crippen molar-refractivity contribution < 1.29 is 14.7 Å². The molecule has 0 spiro atoms. The number of anilines is 1. The Hall–Kier alpha value is -2.41.